The number of ether oxygens (including phenoxy) is 1. The van der Waals surface area contributed by atoms with Crippen LogP contribution in [0.1, 0.15) is 32.6 Å². The minimum atomic E-state index is 0.0844. The third kappa shape index (κ3) is 4.06. The molecule has 3 nitrogen and oxygen atoms in total. The van der Waals surface area contributed by atoms with Crippen LogP contribution in [0.25, 0.3) is 0 Å². The lowest BCUT2D eigenvalue weighted by atomic mass is 10.0. The van der Waals surface area contributed by atoms with E-state index in [0.29, 0.717) is 0 Å². The lowest BCUT2D eigenvalue weighted by Crippen LogP contribution is -2.36. The van der Waals surface area contributed by atoms with E-state index in [0.717, 1.165) is 31.3 Å². The summed E-state index contributed by atoms with van der Waals surface area (Å²) in [6.07, 6.45) is 4.43. The van der Waals surface area contributed by atoms with Crippen molar-refractivity contribution in [3.05, 3.63) is 0 Å². The molecule has 1 heterocycles. The molecule has 2 unspecified atom stereocenters. The van der Waals surface area contributed by atoms with Crippen LogP contribution in [0.2, 0.25) is 0 Å². The molecule has 0 radical (unpaired) electrons. The summed E-state index contributed by atoms with van der Waals surface area (Å²) in [4.78, 5) is 13.9. The minimum absolute atomic E-state index is 0.0844. The smallest absolute Gasteiger partial charge is 0.228 e. The van der Waals surface area contributed by atoms with E-state index in [9.17, 15) is 4.79 Å². The maximum absolute atomic E-state index is 12.1. The average Bonchev–Trinajstić information content (AvgIpc) is 2.69. The van der Waals surface area contributed by atoms with Crippen molar-refractivity contribution in [2.45, 2.75) is 38.7 Å². The number of hydrogen-bond donors (Lipinski definition) is 0. The van der Waals surface area contributed by atoms with Crippen LogP contribution in [0.4, 0.5) is 0 Å². The van der Waals surface area contributed by atoms with Gasteiger partial charge < -0.3 is 9.64 Å². The first-order chi connectivity index (χ1) is 7.66. The first-order valence-corrected chi connectivity index (χ1v) is 7.21. The number of carbonyl (C=O) groups is 1. The molecule has 1 rings (SSSR count). The van der Waals surface area contributed by atoms with Crippen LogP contribution in [0.5, 0.6) is 0 Å². The highest BCUT2D eigenvalue weighted by molar-refractivity contribution is 9.09. The lowest BCUT2D eigenvalue weighted by molar-refractivity contribution is -0.135. The quantitative estimate of drug-likeness (QED) is 0.556. The zero-order chi connectivity index (χ0) is 12.0. The summed E-state index contributed by atoms with van der Waals surface area (Å²) in [5.41, 5.74) is 0. The molecule has 0 bridgehead atoms. The second kappa shape index (κ2) is 7.28. The number of alkyl halides is 1. The van der Waals surface area contributed by atoms with E-state index in [1.54, 1.807) is 0 Å². The largest absolute Gasteiger partial charge is 0.378 e. The van der Waals surface area contributed by atoms with E-state index in [1.165, 1.54) is 12.8 Å². The molecule has 1 saturated heterocycles. The van der Waals surface area contributed by atoms with Gasteiger partial charge in [0.05, 0.1) is 12.0 Å². The molecule has 94 valence electrons. The number of carbonyl (C=O) groups excluding carboxylic acids is 1. The predicted octanol–water partition coefficient (Wildman–Crippen LogP) is 2.44. The Hall–Kier alpha value is -0.0900. The molecular formula is C12H22BrNO2. The topological polar surface area (TPSA) is 29.5 Å². The number of unbranched alkanes of at least 4 members (excludes halogenated alkanes) is 2. The molecule has 0 spiro atoms. The molecule has 0 aliphatic carbocycles. The number of hydrogen-bond acceptors (Lipinski definition) is 2. The zero-order valence-corrected chi connectivity index (χ0v) is 11.8. The van der Waals surface area contributed by atoms with Gasteiger partial charge in [0.15, 0.2) is 0 Å². The summed E-state index contributed by atoms with van der Waals surface area (Å²) in [6, 6.07) is 0. The second-order valence-electron chi connectivity index (χ2n) is 4.48. The molecule has 0 N–H and O–H groups in total. The SMILES string of the molecule is CC1OCCC1C(=O)N(C)CCCCCBr. The molecule has 0 saturated carbocycles. The van der Waals surface area contributed by atoms with Crippen molar-refractivity contribution < 1.29 is 9.53 Å². The minimum Gasteiger partial charge on any atom is -0.378 e. The molecule has 1 aliphatic heterocycles. The van der Waals surface area contributed by atoms with Gasteiger partial charge in [0, 0.05) is 25.5 Å². The number of rotatable bonds is 6. The van der Waals surface area contributed by atoms with E-state index in [2.05, 4.69) is 15.9 Å². The van der Waals surface area contributed by atoms with Gasteiger partial charge >= 0.3 is 0 Å². The van der Waals surface area contributed by atoms with Gasteiger partial charge in [-0.2, -0.15) is 0 Å². The van der Waals surface area contributed by atoms with Gasteiger partial charge in [-0.3, -0.25) is 4.79 Å². The van der Waals surface area contributed by atoms with Crippen LogP contribution in [-0.4, -0.2) is 42.4 Å². The Morgan fingerprint density at radius 3 is 2.75 bits per heavy atom. The van der Waals surface area contributed by atoms with E-state index < -0.39 is 0 Å². The number of amides is 1. The maximum atomic E-state index is 12.1. The van der Waals surface area contributed by atoms with Gasteiger partial charge in [-0.1, -0.05) is 22.4 Å². The summed E-state index contributed by atoms with van der Waals surface area (Å²) < 4.78 is 5.43. The predicted molar refractivity (Wildman–Crippen MR) is 68.8 cm³/mol. The van der Waals surface area contributed by atoms with E-state index in [4.69, 9.17) is 4.74 Å². The summed E-state index contributed by atoms with van der Waals surface area (Å²) in [7, 11) is 1.90. The molecule has 1 aliphatic rings. The van der Waals surface area contributed by atoms with Gasteiger partial charge in [0.2, 0.25) is 5.91 Å². The second-order valence-corrected chi connectivity index (χ2v) is 5.27. The summed E-state index contributed by atoms with van der Waals surface area (Å²) in [5.74, 6) is 0.338. The highest BCUT2D eigenvalue weighted by Gasteiger charge is 2.32. The molecular weight excluding hydrogens is 270 g/mol. The normalized spacial score (nSPS) is 24.7. The monoisotopic (exact) mass is 291 g/mol. The van der Waals surface area contributed by atoms with Crippen LogP contribution >= 0.6 is 15.9 Å². The van der Waals surface area contributed by atoms with Crippen LogP contribution < -0.4 is 0 Å². The maximum Gasteiger partial charge on any atom is 0.228 e. The Labute approximate surface area is 107 Å². The molecule has 1 fully saturated rings. The van der Waals surface area contributed by atoms with Crippen LogP contribution in [0.3, 0.4) is 0 Å². The van der Waals surface area contributed by atoms with E-state index >= 15 is 0 Å². The number of halogens is 1. The van der Waals surface area contributed by atoms with Crippen molar-refractivity contribution in [3.63, 3.8) is 0 Å². The Balaban J connectivity index is 2.24. The van der Waals surface area contributed by atoms with Gasteiger partial charge in [0.25, 0.3) is 0 Å². The fraction of sp³-hybridized carbons (Fsp3) is 0.917. The summed E-state index contributed by atoms with van der Waals surface area (Å²) in [5, 5.41) is 1.05. The first kappa shape index (κ1) is 14.0. The van der Waals surface area contributed by atoms with Crippen molar-refractivity contribution >= 4 is 21.8 Å². The van der Waals surface area contributed by atoms with Crippen LogP contribution in [-0.2, 0) is 9.53 Å². The third-order valence-corrected chi connectivity index (χ3v) is 3.76. The molecule has 4 heteroatoms. The van der Waals surface area contributed by atoms with Crippen LogP contribution in [0, 0.1) is 5.92 Å². The lowest BCUT2D eigenvalue weighted by Gasteiger charge is -2.22. The van der Waals surface area contributed by atoms with Gasteiger partial charge in [-0.15, -0.1) is 0 Å². The highest BCUT2D eigenvalue weighted by Crippen LogP contribution is 2.22. The molecule has 0 aromatic rings. The Morgan fingerprint density at radius 1 is 1.44 bits per heavy atom. The summed E-state index contributed by atoms with van der Waals surface area (Å²) >= 11 is 3.41. The van der Waals surface area contributed by atoms with Crippen molar-refractivity contribution in [1.82, 2.24) is 4.90 Å². The van der Waals surface area contributed by atoms with E-state index in [1.807, 2.05) is 18.9 Å². The van der Waals surface area contributed by atoms with Gasteiger partial charge in [-0.05, 0) is 26.2 Å². The molecule has 2 atom stereocenters. The van der Waals surface area contributed by atoms with Crippen molar-refractivity contribution in [2.75, 3.05) is 25.5 Å². The third-order valence-electron chi connectivity index (χ3n) is 3.20. The summed E-state index contributed by atoms with van der Waals surface area (Å²) in [6.45, 7) is 3.60. The highest BCUT2D eigenvalue weighted by atomic mass is 79.9. The Morgan fingerprint density at radius 2 is 2.19 bits per heavy atom. The fourth-order valence-corrected chi connectivity index (χ4v) is 2.47. The van der Waals surface area contributed by atoms with Crippen molar-refractivity contribution in [3.8, 4) is 0 Å². The first-order valence-electron chi connectivity index (χ1n) is 6.09. The molecule has 0 aromatic heterocycles. The Bertz CT molecular complexity index is 223. The van der Waals surface area contributed by atoms with Gasteiger partial charge in [0.1, 0.15) is 0 Å². The number of nitrogens with zero attached hydrogens (tertiary/aromatic N) is 1. The molecule has 16 heavy (non-hydrogen) atoms. The fourth-order valence-electron chi connectivity index (χ4n) is 2.07. The van der Waals surface area contributed by atoms with Crippen molar-refractivity contribution in [2.24, 2.45) is 5.92 Å². The van der Waals surface area contributed by atoms with E-state index in [-0.39, 0.29) is 17.9 Å². The zero-order valence-electron chi connectivity index (χ0n) is 10.2. The van der Waals surface area contributed by atoms with Crippen LogP contribution in [0.15, 0.2) is 0 Å². The standard InChI is InChI=1S/C12H22BrNO2/c1-10-11(6-9-16-10)12(15)14(2)8-5-3-4-7-13/h10-11H,3-9H2,1-2H3. The molecule has 0 aromatic carbocycles. The van der Waals surface area contributed by atoms with Gasteiger partial charge in [-0.25, -0.2) is 0 Å². The average molecular weight is 292 g/mol. The Kier molecular flexibility index (Phi) is 6.36. The molecule has 1 amide bonds. The van der Waals surface area contributed by atoms with Crippen molar-refractivity contribution in [1.29, 1.82) is 0 Å².